The summed E-state index contributed by atoms with van der Waals surface area (Å²) in [6.07, 6.45) is 1.88. The van der Waals surface area contributed by atoms with Crippen LogP contribution in [-0.2, 0) is 0 Å². The van der Waals surface area contributed by atoms with Crippen molar-refractivity contribution in [1.29, 1.82) is 0 Å². The predicted octanol–water partition coefficient (Wildman–Crippen LogP) is 2.13. The second kappa shape index (κ2) is 6.36. The van der Waals surface area contributed by atoms with E-state index in [0.717, 1.165) is 12.8 Å². The van der Waals surface area contributed by atoms with E-state index in [-0.39, 0.29) is 23.8 Å². The van der Waals surface area contributed by atoms with Crippen molar-refractivity contribution in [1.82, 2.24) is 10.6 Å². The number of benzene rings is 1. The second-order valence-corrected chi connectivity index (χ2v) is 4.98. The molecular formula is C14H17FN2O3. The largest absolute Gasteiger partial charge is 0.465 e. The lowest BCUT2D eigenvalue weighted by molar-refractivity contribution is 0.0923. The number of hydrogen-bond acceptors (Lipinski definition) is 2. The van der Waals surface area contributed by atoms with Gasteiger partial charge in [0, 0.05) is 17.6 Å². The molecule has 1 aliphatic carbocycles. The van der Waals surface area contributed by atoms with Gasteiger partial charge in [0.2, 0.25) is 0 Å². The minimum atomic E-state index is -1.01. The summed E-state index contributed by atoms with van der Waals surface area (Å²) in [4.78, 5) is 22.5. The normalized spacial score (nSPS) is 22.1. The number of carboxylic acid groups (broad SMARTS) is 1. The van der Waals surface area contributed by atoms with Crippen LogP contribution in [0, 0.1) is 5.82 Å². The molecule has 3 N–H and O–H groups in total. The molecule has 1 saturated carbocycles. The van der Waals surface area contributed by atoms with E-state index < -0.39 is 6.09 Å². The molecule has 0 aliphatic heterocycles. The number of carbonyl (C=O) groups is 2. The van der Waals surface area contributed by atoms with Crippen LogP contribution in [0.15, 0.2) is 24.3 Å². The molecule has 0 spiro atoms. The molecule has 2 rings (SSSR count). The van der Waals surface area contributed by atoms with Crippen molar-refractivity contribution in [3.63, 3.8) is 0 Å². The SMILES string of the molecule is O=C(O)N[C@H]1CC[C@@H](NC(=O)c2ccc(F)cc2)CC1. The van der Waals surface area contributed by atoms with Crippen LogP contribution in [-0.4, -0.2) is 29.2 Å². The fourth-order valence-electron chi connectivity index (χ4n) is 2.43. The lowest BCUT2D eigenvalue weighted by Crippen LogP contribution is -2.43. The third kappa shape index (κ3) is 3.94. The first-order chi connectivity index (χ1) is 9.54. The molecule has 0 aromatic heterocycles. The average Bonchev–Trinajstić information content (AvgIpc) is 2.41. The van der Waals surface area contributed by atoms with Gasteiger partial charge in [0.1, 0.15) is 5.82 Å². The molecule has 0 radical (unpaired) electrons. The Balaban J connectivity index is 1.82. The standard InChI is InChI=1S/C14H17FN2O3/c15-10-3-1-9(2-4-10)13(18)16-11-5-7-12(8-6-11)17-14(19)20/h1-4,11-12,17H,5-8H2,(H,16,18)(H,19,20)/t11-,12+. The van der Waals surface area contributed by atoms with E-state index in [4.69, 9.17) is 5.11 Å². The van der Waals surface area contributed by atoms with Crippen molar-refractivity contribution in [3.05, 3.63) is 35.6 Å². The first kappa shape index (κ1) is 14.3. The lowest BCUT2D eigenvalue weighted by atomic mass is 9.91. The molecule has 1 fully saturated rings. The van der Waals surface area contributed by atoms with Gasteiger partial charge in [-0.15, -0.1) is 0 Å². The quantitative estimate of drug-likeness (QED) is 0.793. The molecule has 2 amide bonds. The summed E-state index contributed by atoms with van der Waals surface area (Å²) in [6.45, 7) is 0. The Morgan fingerprint density at radius 1 is 1.00 bits per heavy atom. The minimum Gasteiger partial charge on any atom is -0.465 e. The van der Waals surface area contributed by atoms with Gasteiger partial charge in [-0.3, -0.25) is 4.79 Å². The van der Waals surface area contributed by atoms with Crippen molar-refractivity contribution < 1.29 is 19.1 Å². The fraction of sp³-hybridized carbons (Fsp3) is 0.429. The van der Waals surface area contributed by atoms with Gasteiger partial charge < -0.3 is 15.7 Å². The second-order valence-electron chi connectivity index (χ2n) is 4.98. The molecule has 6 heteroatoms. The molecule has 0 atom stereocenters. The molecular weight excluding hydrogens is 263 g/mol. The maximum absolute atomic E-state index is 12.8. The van der Waals surface area contributed by atoms with Gasteiger partial charge in [-0.1, -0.05) is 0 Å². The highest BCUT2D eigenvalue weighted by Gasteiger charge is 2.23. The van der Waals surface area contributed by atoms with E-state index in [1.807, 2.05) is 0 Å². The Bertz CT molecular complexity index is 482. The van der Waals surface area contributed by atoms with E-state index in [2.05, 4.69) is 10.6 Å². The van der Waals surface area contributed by atoms with Gasteiger partial charge in [0.15, 0.2) is 0 Å². The zero-order valence-electron chi connectivity index (χ0n) is 10.9. The summed E-state index contributed by atoms with van der Waals surface area (Å²) in [5.74, 6) is -0.596. The summed E-state index contributed by atoms with van der Waals surface area (Å²) in [7, 11) is 0. The Morgan fingerprint density at radius 2 is 1.50 bits per heavy atom. The van der Waals surface area contributed by atoms with Crippen LogP contribution in [0.25, 0.3) is 0 Å². The van der Waals surface area contributed by atoms with Crippen molar-refractivity contribution in [3.8, 4) is 0 Å². The number of rotatable bonds is 3. The molecule has 20 heavy (non-hydrogen) atoms. The molecule has 1 aliphatic rings. The van der Waals surface area contributed by atoms with Crippen LogP contribution in [0.1, 0.15) is 36.0 Å². The van der Waals surface area contributed by atoms with Crippen molar-refractivity contribution in [2.24, 2.45) is 0 Å². The summed E-state index contributed by atoms with van der Waals surface area (Å²) in [5, 5.41) is 14.0. The van der Waals surface area contributed by atoms with E-state index >= 15 is 0 Å². The molecule has 1 aromatic carbocycles. The Hall–Kier alpha value is -2.11. The van der Waals surface area contributed by atoms with Crippen LogP contribution >= 0.6 is 0 Å². The molecule has 108 valence electrons. The van der Waals surface area contributed by atoms with Crippen LogP contribution in [0.5, 0.6) is 0 Å². The van der Waals surface area contributed by atoms with Crippen molar-refractivity contribution in [2.75, 3.05) is 0 Å². The zero-order valence-corrected chi connectivity index (χ0v) is 10.9. The molecule has 0 heterocycles. The zero-order chi connectivity index (χ0) is 14.5. The third-order valence-corrected chi connectivity index (χ3v) is 3.50. The molecule has 0 unspecified atom stereocenters. The summed E-state index contributed by atoms with van der Waals surface area (Å²) >= 11 is 0. The molecule has 5 nitrogen and oxygen atoms in total. The summed E-state index contributed by atoms with van der Waals surface area (Å²) in [6, 6.07) is 5.40. The van der Waals surface area contributed by atoms with E-state index in [1.54, 1.807) is 0 Å². The Labute approximate surface area is 116 Å². The van der Waals surface area contributed by atoms with Crippen LogP contribution in [0.3, 0.4) is 0 Å². The number of carbonyl (C=O) groups excluding carboxylic acids is 1. The lowest BCUT2D eigenvalue weighted by Gasteiger charge is -2.28. The molecule has 1 aromatic rings. The monoisotopic (exact) mass is 280 g/mol. The summed E-state index contributed by atoms with van der Waals surface area (Å²) < 4.78 is 12.8. The number of hydrogen-bond donors (Lipinski definition) is 3. The third-order valence-electron chi connectivity index (χ3n) is 3.50. The van der Waals surface area contributed by atoms with Gasteiger partial charge >= 0.3 is 6.09 Å². The van der Waals surface area contributed by atoms with Gasteiger partial charge in [0.25, 0.3) is 5.91 Å². The van der Waals surface area contributed by atoms with Crippen molar-refractivity contribution >= 4 is 12.0 Å². The van der Waals surface area contributed by atoms with Gasteiger partial charge in [-0.25, -0.2) is 9.18 Å². The topological polar surface area (TPSA) is 78.4 Å². The number of halogens is 1. The van der Waals surface area contributed by atoms with E-state index in [0.29, 0.717) is 18.4 Å². The minimum absolute atomic E-state index is 0.0357. The first-order valence-electron chi connectivity index (χ1n) is 6.60. The summed E-state index contributed by atoms with van der Waals surface area (Å²) in [5.41, 5.74) is 0.428. The number of nitrogens with one attached hydrogen (secondary N) is 2. The first-order valence-corrected chi connectivity index (χ1v) is 6.60. The van der Waals surface area contributed by atoms with Crippen molar-refractivity contribution in [2.45, 2.75) is 37.8 Å². The number of amides is 2. The van der Waals surface area contributed by atoms with Gasteiger partial charge in [-0.05, 0) is 49.9 Å². The maximum Gasteiger partial charge on any atom is 0.404 e. The maximum atomic E-state index is 12.8. The Morgan fingerprint density at radius 3 is 2.00 bits per heavy atom. The highest BCUT2D eigenvalue weighted by molar-refractivity contribution is 5.94. The van der Waals surface area contributed by atoms with Gasteiger partial charge in [-0.2, -0.15) is 0 Å². The molecule has 0 bridgehead atoms. The van der Waals surface area contributed by atoms with Gasteiger partial charge in [0.05, 0.1) is 0 Å². The van der Waals surface area contributed by atoms with Crippen LogP contribution in [0.4, 0.5) is 9.18 Å². The van der Waals surface area contributed by atoms with Crippen LogP contribution in [0.2, 0.25) is 0 Å². The predicted molar refractivity (Wildman–Crippen MR) is 71.1 cm³/mol. The van der Waals surface area contributed by atoms with E-state index in [9.17, 15) is 14.0 Å². The Kier molecular flexibility index (Phi) is 4.55. The van der Waals surface area contributed by atoms with E-state index in [1.165, 1.54) is 24.3 Å². The highest BCUT2D eigenvalue weighted by Crippen LogP contribution is 2.19. The highest BCUT2D eigenvalue weighted by atomic mass is 19.1. The smallest absolute Gasteiger partial charge is 0.404 e. The average molecular weight is 280 g/mol. The van der Waals surface area contributed by atoms with Crippen LogP contribution < -0.4 is 10.6 Å². The fourth-order valence-corrected chi connectivity index (χ4v) is 2.43. The molecule has 0 saturated heterocycles.